The number of aromatic amines is 1. The fourth-order valence-electron chi connectivity index (χ4n) is 2.89. The standard InChI is InChI=1S/C16H19N3O2/c20-15(18-12-7-3-1-2-4-8-12)13-10-11-6-5-9-17-14(11)19-16(13)21/h5-6,9-10,12H,1-4,7-8H2,(H,18,20)(H,17,19,21). The molecule has 2 aromatic rings. The summed E-state index contributed by atoms with van der Waals surface area (Å²) < 4.78 is 0. The molecule has 0 aliphatic heterocycles. The molecule has 0 aromatic carbocycles. The maximum Gasteiger partial charge on any atom is 0.262 e. The van der Waals surface area contributed by atoms with Crippen molar-refractivity contribution in [3.05, 3.63) is 40.3 Å². The number of rotatable bonds is 2. The van der Waals surface area contributed by atoms with E-state index >= 15 is 0 Å². The predicted octanol–water partition coefficient (Wildman–Crippen LogP) is 2.38. The van der Waals surface area contributed by atoms with Crippen LogP contribution in [0.3, 0.4) is 0 Å². The van der Waals surface area contributed by atoms with Crippen molar-refractivity contribution in [2.45, 2.75) is 44.6 Å². The Balaban J connectivity index is 1.83. The molecule has 1 aliphatic rings. The first-order chi connectivity index (χ1) is 10.2. The molecule has 0 unspecified atom stereocenters. The summed E-state index contributed by atoms with van der Waals surface area (Å²) in [6.07, 6.45) is 8.36. The zero-order valence-electron chi connectivity index (χ0n) is 11.9. The van der Waals surface area contributed by atoms with E-state index in [-0.39, 0.29) is 23.1 Å². The molecule has 0 saturated heterocycles. The maximum absolute atomic E-state index is 12.3. The number of hydrogen-bond donors (Lipinski definition) is 2. The van der Waals surface area contributed by atoms with Gasteiger partial charge in [0.25, 0.3) is 11.5 Å². The number of nitrogens with one attached hydrogen (secondary N) is 2. The number of H-pyrrole nitrogens is 1. The average Bonchev–Trinajstić information content (AvgIpc) is 2.75. The number of carbonyl (C=O) groups is 1. The van der Waals surface area contributed by atoms with Crippen LogP contribution in [-0.4, -0.2) is 21.9 Å². The highest BCUT2D eigenvalue weighted by molar-refractivity contribution is 5.96. The number of amides is 1. The first kappa shape index (κ1) is 13.8. The van der Waals surface area contributed by atoms with Crippen molar-refractivity contribution in [3.63, 3.8) is 0 Å². The van der Waals surface area contributed by atoms with Gasteiger partial charge in [0.05, 0.1) is 0 Å². The molecule has 1 saturated carbocycles. The topological polar surface area (TPSA) is 74.8 Å². The third-order valence-electron chi connectivity index (χ3n) is 4.05. The minimum absolute atomic E-state index is 0.166. The summed E-state index contributed by atoms with van der Waals surface area (Å²) in [5, 5.41) is 3.77. The van der Waals surface area contributed by atoms with Gasteiger partial charge in [-0.25, -0.2) is 4.98 Å². The van der Waals surface area contributed by atoms with E-state index in [0.29, 0.717) is 5.65 Å². The van der Waals surface area contributed by atoms with E-state index in [9.17, 15) is 9.59 Å². The molecule has 5 heteroatoms. The van der Waals surface area contributed by atoms with E-state index in [1.165, 1.54) is 12.8 Å². The van der Waals surface area contributed by atoms with E-state index in [4.69, 9.17) is 0 Å². The molecule has 0 radical (unpaired) electrons. The van der Waals surface area contributed by atoms with Crippen molar-refractivity contribution < 1.29 is 4.79 Å². The normalized spacial score (nSPS) is 16.6. The van der Waals surface area contributed by atoms with Gasteiger partial charge in [-0.2, -0.15) is 0 Å². The fourth-order valence-corrected chi connectivity index (χ4v) is 2.89. The second kappa shape index (κ2) is 6.08. The van der Waals surface area contributed by atoms with Crippen LogP contribution in [0.25, 0.3) is 11.0 Å². The molecule has 110 valence electrons. The highest BCUT2D eigenvalue weighted by Crippen LogP contribution is 2.17. The van der Waals surface area contributed by atoms with Gasteiger partial charge < -0.3 is 10.3 Å². The first-order valence-electron chi connectivity index (χ1n) is 7.53. The van der Waals surface area contributed by atoms with Crippen LogP contribution in [0.5, 0.6) is 0 Å². The maximum atomic E-state index is 12.3. The quantitative estimate of drug-likeness (QED) is 0.832. The zero-order valence-corrected chi connectivity index (χ0v) is 11.9. The molecule has 1 fully saturated rings. The molecule has 2 N–H and O–H groups in total. The van der Waals surface area contributed by atoms with E-state index in [2.05, 4.69) is 15.3 Å². The lowest BCUT2D eigenvalue weighted by molar-refractivity contribution is 0.0932. The number of nitrogens with zero attached hydrogens (tertiary/aromatic N) is 1. The Labute approximate surface area is 122 Å². The van der Waals surface area contributed by atoms with Gasteiger partial charge in [-0.1, -0.05) is 25.7 Å². The summed E-state index contributed by atoms with van der Waals surface area (Å²) in [5.74, 6) is -0.283. The molecular weight excluding hydrogens is 266 g/mol. The smallest absolute Gasteiger partial charge is 0.262 e. The molecule has 21 heavy (non-hydrogen) atoms. The van der Waals surface area contributed by atoms with Crippen LogP contribution in [0.1, 0.15) is 48.9 Å². The lowest BCUT2D eigenvalue weighted by Crippen LogP contribution is -2.37. The van der Waals surface area contributed by atoms with Crippen LogP contribution < -0.4 is 10.9 Å². The molecular formula is C16H19N3O2. The Morgan fingerprint density at radius 2 is 2.00 bits per heavy atom. The highest BCUT2D eigenvalue weighted by Gasteiger charge is 2.18. The molecule has 5 nitrogen and oxygen atoms in total. The Morgan fingerprint density at radius 1 is 1.24 bits per heavy atom. The molecule has 0 spiro atoms. The van der Waals surface area contributed by atoms with Crippen LogP contribution >= 0.6 is 0 Å². The van der Waals surface area contributed by atoms with Crippen LogP contribution in [-0.2, 0) is 0 Å². The Hall–Kier alpha value is -2.17. The zero-order chi connectivity index (χ0) is 14.7. The molecule has 1 amide bonds. The van der Waals surface area contributed by atoms with Gasteiger partial charge in [0.1, 0.15) is 11.2 Å². The second-order valence-corrected chi connectivity index (χ2v) is 5.62. The van der Waals surface area contributed by atoms with Crippen molar-refractivity contribution in [2.75, 3.05) is 0 Å². The second-order valence-electron chi connectivity index (χ2n) is 5.62. The predicted molar refractivity (Wildman–Crippen MR) is 81.3 cm³/mol. The Bertz CT molecular complexity index is 700. The number of hydrogen-bond acceptors (Lipinski definition) is 3. The van der Waals surface area contributed by atoms with E-state index in [1.54, 1.807) is 18.3 Å². The molecule has 1 aliphatic carbocycles. The lowest BCUT2D eigenvalue weighted by atomic mass is 10.1. The molecule has 3 rings (SSSR count). The molecule has 2 heterocycles. The van der Waals surface area contributed by atoms with Crippen molar-refractivity contribution in [1.29, 1.82) is 0 Å². The third kappa shape index (κ3) is 3.12. The van der Waals surface area contributed by atoms with E-state index < -0.39 is 0 Å². The van der Waals surface area contributed by atoms with Gasteiger partial charge in [-0.15, -0.1) is 0 Å². The third-order valence-corrected chi connectivity index (χ3v) is 4.05. The van der Waals surface area contributed by atoms with Crippen LogP contribution in [0.2, 0.25) is 0 Å². The SMILES string of the molecule is O=C(NC1CCCCCC1)c1cc2cccnc2[nH]c1=O. The Morgan fingerprint density at radius 3 is 2.76 bits per heavy atom. The highest BCUT2D eigenvalue weighted by atomic mass is 16.2. The summed E-state index contributed by atoms with van der Waals surface area (Å²) in [7, 11) is 0. The van der Waals surface area contributed by atoms with E-state index in [0.717, 1.165) is 31.1 Å². The first-order valence-corrected chi connectivity index (χ1v) is 7.53. The molecule has 2 aromatic heterocycles. The van der Waals surface area contributed by atoms with Gasteiger partial charge in [-0.05, 0) is 31.0 Å². The monoisotopic (exact) mass is 285 g/mol. The van der Waals surface area contributed by atoms with Gasteiger partial charge in [0.2, 0.25) is 0 Å². The summed E-state index contributed by atoms with van der Waals surface area (Å²) in [5.41, 5.74) is 0.292. The van der Waals surface area contributed by atoms with Crippen molar-refractivity contribution in [1.82, 2.24) is 15.3 Å². The summed E-state index contributed by atoms with van der Waals surface area (Å²) >= 11 is 0. The minimum atomic E-state index is -0.382. The summed E-state index contributed by atoms with van der Waals surface area (Å²) in [4.78, 5) is 31.1. The number of carbonyl (C=O) groups excluding carboxylic acids is 1. The summed E-state index contributed by atoms with van der Waals surface area (Å²) in [6, 6.07) is 5.42. The fraction of sp³-hybridized carbons (Fsp3) is 0.438. The summed E-state index contributed by atoms with van der Waals surface area (Å²) in [6.45, 7) is 0. The van der Waals surface area contributed by atoms with Crippen LogP contribution in [0.15, 0.2) is 29.2 Å². The van der Waals surface area contributed by atoms with Gasteiger partial charge in [0.15, 0.2) is 0 Å². The number of fused-ring (bicyclic) bond motifs is 1. The van der Waals surface area contributed by atoms with E-state index in [1.807, 2.05) is 6.07 Å². The van der Waals surface area contributed by atoms with Crippen molar-refractivity contribution in [3.8, 4) is 0 Å². The number of pyridine rings is 2. The number of aromatic nitrogens is 2. The van der Waals surface area contributed by atoms with Gasteiger partial charge >= 0.3 is 0 Å². The van der Waals surface area contributed by atoms with Crippen LogP contribution in [0, 0.1) is 0 Å². The Kier molecular flexibility index (Phi) is 3.99. The van der Waals surface area contributed by atoms with Gasteiger partial charge in [0, 0.05) is 17.6 Å². The molecule has 0 atom stereocenters. The largest absolute Gasteiger partial charge is 0.349 e. The molecule has 0 bridgehead atoms. The lowest BCUT2D eigenvalue weighted by Gasteiger charge is -2.15. The van der Waals surface area contributed by atoms with Gasteiger partial charge in [-0.3, -0.25) is 9.59 Å². The van der Waals surface area contributed by atoms with Crippen molar-refractivity contribution >= 4 is 16.9 Å². The average molecular weight is 285 g/mol. The van der Waals surface area contributed by atoms with Crippen molar-refractivity contribution in [2.24, 2.45) is 0 Å². The van der Waals surface area contributed by atoms with Crippen LogP contribution in [0.4, 0.5) is 0 Å². The minimum Gasteiger partial charge on any atom is -0.349 e.